The number of fused-ring (bicyclic) bond motifs is 2. The predicted molar refractivity (Wildman–Crippen MR) is 131 cm³/mol. The minimum Gasteiger partial charge on any atom is -0.444 e. The number of aromatic nitrogens is 4. The van der Waals surface area contributed by atoms with Gasteiger partial charge in [-0.1, -0.05) is 12.1 Å². The summed E-state index contributed by atoms with van der Waals surface area (Å²) in [6.07, 6.45) is 5.10. The number of ether oxygens (including phenoxy) is 1. The molecule has 1 aliphatic rings. The van der Waals surface area contributed by atoms with Gasteiger partial charge in [-0.15, -0.1) is 0 Å². The number of likely N-dealkylation sites (tertiary alicyclic amines) is 1. The number of hydrogen-bond acceptors (Lipinski definition) is 5. The van der Waals surface area contributed by atoms with Crippen LogP contribution in [0, 0.1) is 0 Å². The summed E-state index contributed by atoms with van der Waals surface area (Å²) in [6, 6.07) is 11.5. The van der Waals surface area contributed by atoms with E-state index in [9.17, 15) is 9.59 Å². The molecule has 1 saturated heterocycles. The molecule has 0 spiro atoms. The molecule has 1 aromatic carbocycles. The van der Waals surface area contributed by atoms with E-state index < -0.39 is 5.60 Å². The smallest absolute Gasteiger partial charge is 0.410 e. The van der Waals surface area contributed by atoms with E-state index in [0.29, 0.717) is 24.4 Å². The Morgan fingerprint density at radius 2 is 1.85 bits per heavy atom. The third-order valence-electron chi connectivity index (χ3n) is 6.34. The maximum Gasteiger partial charge on any atom is 0.410 e. The molecule has 0 unspecified atom stereocenters. The van der Waals surface area contributed by atoms with Gasteiger partial charge < -0.3 is 9.64 Å². The Bertz CT molecular complexity index is 1440. The summed E-state index contributed by atoms with van der Waals surface area (Å²) in [4.78, 5) is 31.8. The van der Waals surface area contributed by atoms with Crippen molar-refractivity contribution in [2.75, 3.05) is 13.1 Å². The quantitative estimate of drug-likeness (QED) is 0.445. The Morgan fingerprint density at radius 1 is 1.09 bits per heavy atom. The van der Waals surface area contributed by atoms with Crippen LogP contribution in [0.25, 0.3) is 27.8 Å². The zero-order valence-corrected chi connectivity index (χ0v) is 20.0. The Morgan fingerprint density at radius 3 is 2.59 bits per heavy atom. The van der Waals surface area contributed by atoms with Crippen LogP contribution >= 0.6 is 0 Å². The van der Waals surface area contributed by atoms with E-state index in [1.54, 1.807) is 15.4 Å². The lowest BCUT2D eigenvalue weighted by Crippen LogP contribution is -2.41. The topological polar surface area (TPSA) is 81.7 Å². The van der Waals surface area contributed by atoms with E-state index in [-0.39, 0.29) is 17.6 Å². The number of aryl methyl sites for hydroxylation is 1. The second-order valence-corrected chi connectivity index (χ2v) is 9.95. The fraction of sp³-hybridized carbons (Fsp3) is 0.385. The molecular weight excluding hydrogens is 430 g/mol. The molecule has 0 saturated carbocycles. The van der Waals surface area contributed by atoms with Gasteiger partial charge >= 0.3 is 6.09 Å². The Kier molecular flexibility index (Phi) is 5.38. The highest BCUT2D eigenvalue weighted by Gasteiger charge is 2.27. The molecule has 8 nitrogen and oxygen atoms in total. The highest BCUT2D eigenvalue weighted by Crippen LogP contribution is 2.29. The van der Waals surface area contributed by atoms with Crippen molar-refractivity contribution in [3.05, 3.63) is 64.7 Å². The van der Waals surface area contributed by atoms with Gasteiger partial charge in [0.2, 0.25) is 0 Å². The second-order valence-electron chi connectivity index (χ2n) is 9.95. The number of rotatable bonds is 2. The summed E-state index contributed by atoms with van der Waals surface area (Å²) >= 11 is 0. The average molecular weight is 460 g/mol. The van der Waals surface area contributed by atoms with Gasteiger partial charge in [0, 0.05) is 43.4 Å². The van der Waals surface area contributed by atoms with Gasteiger partial charge in [-0.05, 0) is 63.3 Å². The molecule has 4 aromatic rings. The zero-order valence-electron chi connectivity index (χ0n) is 20.0. The lowest BCUT2D eigenvalue weighted by Gasteiger charge is -2.33. The van der Waals surface area contributed by atoms with Crippen LogP contribution in [-0.2, 0) is 11.8 Å². The number of amides is 1. The maximum absolute atomic E-state index is 13.0. The van der Waals surface area contributed by atoms with Crippen molar-refractivity contribution in [3.63, 3.8) is 0 Å². The molecule has 8 heteroatoms. The molecule has 0 bridgehead atoms. The molecule has 1 amide bonds. The van der Waals surface area contributed by atoms with Gasteiger partial charge in [0.05, 0.1) is 17.4 Å². The van der Waals surface area contributed by atoms with E-state index in [0.717, 1.165) is 34.9 Å². The van der Waals surface area contributed by atoms with Crippen molar-refractivity contribution in [2.24, 2.45) is 7.05 Å². The molecule has 3 aromatic heterocycles. The minimum absolute atomic E-state index is 0.112. The maximum atomic E-state index is 13.0. The third kappa shape index (κ3) is 4.27. The standard InChI is InChI=1S/C26H29N5O3/c1-26(2,3)34-25(33)30-11-9-17(10-12-30)19-6-8-23-28-21(14-24(32)31(23)16-19)18-5-7-22-20(13-18)15-27-29(22)4/h5-8,13-17H,9-12H2,1-4H3. The van der Waals surface area contributed by atoms with Gasteiger partial charge in [-0.3, -0.25) is 13.9 Å². The summed E-state index contributed by atoms with van der Waals surface area (Å²) in [5, 5.41) is 5.29. The molecule has 0 aliphatic carbocycles. The highest BCUT2D eigenvalue weighted by atomic mass is 16.6. The van der Waals surface area contributed by atoms with Crippen LogP contribution in [-0.4, -0.2) is 48.8 Å². The van der Waals surface area contributed by atoms with Crippen LogP contribution in [0.15, 0.2) is 53.6 Å². The number of benzene rings is 1. The van der Waals surface area contributed by atoms with E-state index >= 15 is 0 Å². The molecular formula is C26H29N5O3. The molecule has 1 fully saturated rings. The molecule has 5 rings (SSSR count). The minimum atomic E-state index is -0.497. The molecule has 176 valence electrons. The van der Waals surface area contributed by atoms with Gasteiger partial charge in [-0.25, -0.2) is 9.78 Å². The first-order chi connectivity index (χ1) is 16.2. The number of carbonyl (C=O) groups excluding carboxylic acids is 1. The number of piperidine rings is 1. The van der Waals surface area contributed by atoms with Crippen molar-refractivity contribution in [3.8, 4) is 11.3 Å². The summed E-state index contributed by atoms with van der Waals surface area (Å²) in [5.41, 5.74) is 3.66. The van der Waals surface area contributed by atoms with Crippen molar-refractivity contribution >= 4 is 22.6 Å². The SMILES string of the molecule is Cn1ncc2cc(-c3cc(=O)n4cc(C5CCN(C(=O)OC(C)(C)C)CC5)ccc4n3)ccc21. The molecule has 4 heterocycles. The van der Waals surface area contributed by atoms with Crippen molar-refractivity contribution in [1.29, 1.82) is 0 Å². The van der Waals surface area contributed by atoms with Crippen molar-refractivity contribution in [2.45, 2.75) is 45.1 Å². The zero-order chi connectivity index (χ0) is 24.0. The molecule has 0 atom stereocenters. The van der Waals surface area contributed by atoms with E-state index in [1.807, 2.05) is 75.2 Å². The molecule has 1 aliphatic heterocycles. The van der Waals surface area contributed by atoms with Gasteiger partial charge in [0.1, 0.15) is 11.2 Å². The van der Waals surface area contributed by atoms with Crippen LogP contribution in [0.3, 0.4) is 0 Å². The Balaban J connectivity index is 1.36. The number of hydrogen-bond donors (Lipinski definition) is 0. The normalized spacial score (nSPS) is 15.2. The molecule has 0 radical (unpaired) electrons. The van der Waals surface area contributed by atoms with Gasteiger partial charge in [0.15, 0.2) is 0 Å². The first kappa shape index (κ1) is 22.1. The summed E-state index contributed by atoms with van der Waals surface area (Å²) in [5.74, 6) is 0.280. The largest absolute Gasteiger partial charge is 0.444 e. The monoisotopic (exact) mass is 459 g/mol. The van der Waals surface area contributed by atoms with E-state index in [1.165, 1.54) is 0 Å². The number of pyridine rings is 1. The van der Waals surface area contributed by atoms with E-state index in [2.05, 4.69) is 5.10 Å². The Labute approximate surface area is 197 Å². The van der Waals surface area contributed by atoms with Crippen LogP contribution in [0.1, 0.15) is 45.1 Å². The third-order valence-corrected chi connectivity index (χ3v) is 6.34. The fourth-order valence-electron chi connectivity index (χ4n) is 4.55. The second kappa shape index (κ2) is 8.27. The molecule has 0 N–H and O–H groups in total. The van der Waals surface area contributed by atoms with Crippen LogP contribution < -0.4 is 5.56 Å². The van der Waals surface area contributed by atoms with Gasteiger partial charge in [0.25, 0.3) is 5.56 Å². The Hall–Kier alpha value is -3.68. The summed E-state index contributed by atoms with van der Waals surface area (Å²) in [7, 11) is 1.90. The highest BCUT2D eigenvalue weighted by molar-refractivity contribution is 5.84. The van der Waals surface area contributed by atoms with E-state index in [4.69, 9.17) is 9.72 Å². The fourth-order valence-corrected chi connectivity index (χ4v) is 4.55. The van der Waals surface area contributed by atoms with Crippen LogP contribution in [0.5, 0.6) is 0 Å². The number of nitrogens with zero attached hydrogens (tertiary/aromatic N) is 5. The first-order valence-corrected chi connectivity index (χ1v) is 11.6. The first-order valence-electron chi connectivity index (χ1n) is 11.6. The van der Waals surface area contributed by atoms with Gasteiger partial charge in [-0.2, -0.15) is 5.10 Å². The summed E-state index contributed by atoms with van der Waals surface area (Å²) < 4.78 is 8.93. The number of carbonyl (C=O) groups is 1. The summed E-state index contributed by atoms with van der Waals surface area (Å²) in [6.45, 7) is 6.91. The predicted octanol–water partition coefficient (Wildman–Crippen LogP) is 4.36. The van der Waals surface area contributed by atoms with Crippen molar-refractivity contribution in [1.82, 2.24) is 24.1 Å². The lowest BCUT2D eigenvalue weighted by molar-refractivity contribution is 0.0205. The van der Waals surface area contributed by atoms with Crippen molar-refractivity contribution < 1.29 is 9.53 Å². The molecule has 34 heavy (non-hydrogen) atoms. The lowest BCUT2D eigenvalue weighted by atomic mass is 9.90. The van der Waals surface area contributed by atoms with Crippen LogP contribution in [0.4, 0.5) is 4.79 Å². The average Bonchev–Trinajstić information content (AvgIpc) is 3.18. The van der Waals surface area contributed by atoms with Crippen LogP contribution in [0.2, 0.25) is 0 Å².